The molecule has 0 radical (unpaired) electrons. The normalized spacial score (nSPS) is 11.9. The van der Waals surface area contributed by atoms with E-state index in [9.17, 15) is 18.0 Å². The molecule has 4 aromatic carbocycles. The van der Waals surface area contributed by atoms with E-state index in [1.165, 1.54) is 25.5 Å². The summed E-state index contributed by atoms with van der Waals surface area (Å²) < 4.78 is 39.2. The topological polar surface area (TPSA) is 126 Å². The van der Waals surface area contributed by atoms with Gasteiger partial charge in [-0.15, -0.1) is 0 Å². The number of hydrogen-bond acceptors (Lipinski definition) is 7. The fourth-order valence-electron chi connectivity index (χ4n) is 4.22. The summed E-state index contributed by atoms with van der Waals surface area (Å²) in [6.07, 6.45) is 1.41. The predicted molar refractivity (Wildman–Crippen MR) is 169 cm³/mol. The highest BCUT2D eigenvalue weighted by molar-refractivity contribution is 7.92. The van der Waals surface area contributed by atoms with Crippen molar-refractivity contribution in [2.45, 2.75) is 24.8 Å². The van der Waals surface area contributed by atoms with Crippen molar-refractivity contribution in [1.29, 1.82) is 0 Å². The number of hydrazone groups is 1. The number of para-hydroxylation sites is 2. The molecular weight excluding hydrogens is 580 g/mol. The van der Waals surface area contributed by atoms with Crippen LogP contribution in [0.5, 0.6) is 11.5 Å². The molecule has 4 aromatic rings. The Morgan fingerprint density at radius 3 is 2.23 bits per heavy atom. The molecule has 0 saturated heterocycles. The minimum Gasteiger partial charge on any atom is -0.495 e. The van der Waals surface area contributed by atoms with Crippen molar-refractivity contribution in [2.24, 2.45) is 5.10 Å². The number of anilines is 1. The van der Waals surface area contributed by atoms with Crippen LogP contribution in [0.4, 0.5) is 5.69 Å². The second-order valence-electron chi connectivity index (χ2n) is 9.85. The maximum Gasteiger partial charge on any atom is 0.264 e. The lowest BCUT2D eigenvalue weighted by molar-refractivity contribution is -0.123. The zero-order chi connectivity index (χ0) is 31.5. The summed E-state index contributed by atoms with van der Waals surface area (Å²) in [6, 6.07) is 29.2. The van der Waals surface area contributed by atoms with Crippen LogP contribution in [0, 0.1) is 6.92 Å². The van der Waals surface area contributed by atoms with Crippen molar-refractivity contribution in [1.82, 2.24) is 10.7 Å². The lowest BCUT2D eigenvalue weighted by Gasteiger charge is -2.25. The SMILES string of the molecule is COc1ccccc1N(CC(=O)NN=Cc1ccc(OCC(=O)N[C@H](C)c2ccccc2)cc1)S(=O)(=O)c1ccc(C)cc1. The Labute approximate surface area is 257 Å². The molecular formula is C33H34N4O6S. The lowest BCUT2D eigenvalue weighted by atomic mass is 10.1. The minimum absolute atomic E-state index is 0.0378. The van der Waals surface area contributed by atoms with Crippen LogP contribution in [-0.2, 0) is 19.6 Å². The monoisotopic (exact) mass is 614 g/mol. The first-order valence-corrected chi connectivity index (χ1v) is 15.2. The summed E-state index contributed by atoms with van der Waals surface area (Å²) in [5.74, 6) is -0.118. The van der Waals surface area contributed by atoms with E-state index < -0.39 is 22.5 Å². The van der Waals surface area contributed by atoms with Gasteiger partial charge in [-0.1, -0.05) is 60.2 Å². The van der Waals surface area contributed by atoms with Crippen molar-refractivity contribution in [3.8, 4) is 11.5 Å². The number of benzene rings is 4. The van der Waals surface area contributed by atoms with Gasteiger partial charge in [0.25, 0.3) is 21.8 Å². The van der Waals surface area contributed by atoms with Gasteiger partial charge in [0.2, 0.25) is 0 Å². The number of sulfonamides is 1. The molecule has 0 aromatic heterocycles. The molecule has 0 aliphatic rings. The van der Waals surface area contributed by atoms with Crippen LogP contribution in [-0.4, -0.2) is 46.7 Å². The van der Waals surface area contributed by atoms with Crippen LogP contribution in [0.15, 0.2) is 113 Å². The molecule has 0 unspecified atom stereocenters. The lowest BCUT2D eigenvalue weighted by Crippen LogP contribution is -2.39. The highest BCUT2D eigenvalue weighted by Gasteiger charge is 2.29. The molecule has 4 rings (SSSR count). The molecule has 44 heavy (non-hydrogen) atoms. The van der Waals surface area contributed by atoms with Gasteiger partial charge in [-0.2, -0.15) is 5.10 Å². The number of methoxy groups -OCH3 is 1. The average Bonchev–Trinajstić information content (AvgIpc) is 3.03. The van der Waals surface area contributed by atoms with E-state index in [0.29, 0.717) is 17.1 Å². The second kappa shape index (κ2) is 14.8. The van der Waals surface area contributed by atoms with Crippen LogP contribution in [0.2, 0.25) is 0 Å². The van der Waals surface area contributed by atoms with Gasteiger partial charge in [-0.05, 0) is 73.5 Å². The number of nitrogens with zero attached hydrogens (tertiary/aromatic N) is 2. The summed E-state index contributed by atoms with van der Waals surface area (Å²) in [5, 5.41) is 6.87. The number of carbonyl (C=O) groups is 2. The Morgan fingerprint density at radius 2 is 1.55 bits per heavy atom. The van der Waals surface area contributed by atoms with Crippen LogP contribution in [0.1, 0.15) is 29.7 Å². The van der Waals surface area contributed by atoms with Crippen LogP contribution in [0.3, 0.4) is 0 Å². The van der Waals surface area contributed by atoms with Gasteiger partial charge in [0.1, 0.15) is 18.0 Å². The fourth-order valence-corrected chi connectivity index (χ4v) is 5.66. The number of aryl methyl sites for hydroxylation is 1. The predicted octanol–water partition coefficient (Wildman–Crippen LogP) is 4.61. The van der Waals surface area contributed by atoms with Gasteiger partial charge >= 0.3 is 0 Å². The first-order chi connectivity index (χ1) is 21.2. The quantitative estimate of drug-likeness (QED) is 0.167. The Kier molecular flexibility index (Phi) is 10.7. The van der Waals surface area contributed by atoms with E-state index in [1.54, 1.807) is 60.7 Å². The Hall–Kier alpha value is -5.16. The van der Waals surface area contributed by atoms with Gasteiger partial charge < -0.3 is 14.8 Å². The summed E-state index contributed by atoms with van der Waals surface area (Å²) in [7, 11) is -2.69. The number of hydrogen-bond donors (Lipinski definition) is 2. The summed E-state index contributed by atoms with van der Waals surface area (Å²) in [4.78, 5) is 25.2. The number of amides is 2. The highest BCUT2D eigenvalue weighted by Crippen LogP contribution is 2.32. The van der Waals surface area contributed by atoms with Crippen LogP contribution >= 0.6 is 0 Å². The Balaban J connectivity index is 1.35. The van der Waals surface area contributed by atoms with Gasteiger partial charge in [0.15, 0.2) is 6.61 Å². The molecule has 0 fully saturated rings. The molecule has 0 bridgehead atoms. The third-order valence-corrected chi connectivity index (χ3v) is 8.35. The van der Waals surface area contributed by atoms with Crippen molar-refractivity contribution >= 4 is 33.7 Å². The van der Waals surface area contributed by atoms with Crippen molar-refractivity contribution < 1.29 is 27.5 Å². The van der Waals surface area contributed by atoms with E-state index in [-0.39, 0.29) is 29.1 Å². The zero-order valence-corrected chi connectivity index (χ0v) is 25.5. The average molecular weight is 615 g/mol. The number of rotatable bonds is 13. The first kappa shape index (κ1) is 31.8. The van der Waals surface area contributed by atoms with Crippen LogP contribution in [0.25, 0.3) is 0 Å². The van der Waals surface area contributed by atoms with Crippen LogP contribution < -0.4 is 24.5 Å². The zero-order valence-electron chi connectivity index (χ0n) is 24.6. The summed E-state index contributed by atoms with van der Waals surface area (Å²) in [5.41, 5.74) is 5.15. The molecule has 10 nitrogen and oxygen atoms in total. The van der Waals surface area contributed by atoms with Gasteiger partial charge in [-0.3, -0.25) is 13.9 Å². The van der Waals surface area contributed by atoms with Gasteiger partial charge in [0.05, 0.1) is 29.9 Å². The van der Waals surface area contributed by atoms with Crippen molar-refractivity contribution in [2.75, 3.05) is 24.6 Å². The Morgan fingerprint density at radius 1 is 0.886 bits per heavy atom. The van der Waals surface area contributed by atoms with E-state index >= 15 is 0 Å². The van der Waals surface area contributed by atoms with Crippen molar-refractivity contribution in [3.05, 3.63) is 120 Å². The third-order valence-electron chi connectivity index (χ3n) is 6.58. The molecule has 2 N–H and O–H groups in total. The smallest absolute Gasteiger partial charge is 0.264 e. The molecule has 0 aliphatic carbocycles. The van der Waals surface area contributed by atoms with E-state index in [4.69, 9.17) is 9.47 Å². The molecule has 1 atom stereocenters. The molecule has 0 saturated carbocycles. The molecule has 0 heterocycles. The molecule has 11 heteroatoms. The molecule has 0 aliphatic heterocycles. The maximum atomic E-state index is 13.6. The minimum atomic E-state index is -4.12. The van der Waals surface area contributed by atoms with Gasteiger partial charge in [0, 0.05) is 0 Å². The number of nitrogens with one attached hydrogen (secondary N) is 2. The number of carbonyl (C=O) groups excluding carboxylic acids is 2. The largest absolute Gasteiger partial charge is 0.495 e. The van der Waals surface area contributed by atoms with E-state index in [0.717, 1.165) is 15.4 Å². The standard InChI is InChI=1S/C33H34N4O6S/c1-24-13-19-29(20-14-24)44(40,41)37(30-11-7-8-12-31(30)42-3)22-32(38)36-34-21-26-15-17-28(18-16-26)43-23-33(39)35-25(2)27-9-5-4-6-10-27/h4-21,25H,22-23H2,1-3H3,(H,35,39)(H,36,38)/t25-/m1/s1. The highest BCUT2D eigenvalue weighted by atomic mass is 32.2. The van der Waals surface area contributed by atoms with Gasteiger partial charge in [-0.25, -0.2) is 13.8 Å². The Bertz CT molecular complexity index is 1690. The molecule has 0 spiro atoms. The number of ether oxygens (including phenoxy) is 2. The first-order valence-electron chi connectivity index (χ1n) is 13.8. The molecule has 228 valence electrons. The second-order valence-corrected chi connectivity index (χ2v) is 11.7. The molecule has 2 amide bonds. The van der Waals surface area contributed by atoms with E-state index in [2.05, 4.69) is 15.8 Å². The maximum absolute atomic E-state index is 13.6. The van der Waals surface area contributed by atoms with E-state index in [1.807, 2.05) is 44.2 Å². The summed E-state index contributed by atoms with van der Waals surface area (Å²) in [6.45, 7) is 3.08. The summed E-state index contributed by atoms with van der Waals surface area (Å²) >= 11 is 0. The van der Waals surface area contributed by atoms with Crippen molar-refractivity contribution in [3.63, 3.8) is 0 Å². The fraction of sp³-hybridized carbons (Fsp3) is 0.182. The third kappa shape index (κ3) is 8.45.